The number of likely N-dealkylation sites (N-methyl/N-ethyl adjacent to an activating group) is 1. The van der Waals surface area contributed by atoms with Crippen LogP contribution in [0.25, 0.3) is 0 Å². The maximum atomic E-state index is 12.5. The van der Waals surface area contributed by atoms with Gasteiger partial charge in [-0.05, 0) is 64.8 Å². The number of carbonyl (C=O) groups excluding carboxylic acids is 2. The Bertz CT molecular complexity index is 793. The maximum absolute atomic E-state index is 12.5. The topological polar surface area (TPSA) is 65.1 Å². The summed E-state index contributed by atoms with van der Waals surface area (Å²) in [4.78, 5) is 31.0. The largest absolute Gasteiger partial charge is 0.488 e. The zero-order chi connectivity index (χ0) is 21.8. The molecule has 0 spiro atoms. The Labute approximate surface area is 197 Å². The number of nitrogens with zero attached hydrogens (tertiary/aromatic N) is 3. The molecule has 1 aromatic rings. The number of imide groups is 1. The van der Waals surface area contributed by atoms with Gasteiger partial charge in [0.15, 0.2) is 0 Å². The van der Waals surface area contributed by atoms with Crippen molar-refractivity contribution in [3.63, 3.8) is 0 Å². The summed E-state index contributed by atoms with van der Waals surface area (Å²) in [5.74, 6) is 0.857. The van der Waals surface area contributed by atoms with Gasteiger partial charge in [-0.15, -0.1) is 12.4 Å². The number of carbonyl (C=O) groups is 2. The Morgan fingerprint density at radius 2 is 1.75 bits per heavy atom. The van der Waals surface area contributed by atoms with Crippen molar-refractivity contribution in [3.05, 3.63) is 24.3 Å². The molecule has 1 saturated carbocycles. The molecule has 32 heavy (non-hydrogen) atoms. The van der Waals surface area contributed by atoms with Crippen LogP contribution in [0.5, 0.6) is 5.75 Å². The van der Waals surface area contributed by atoms with Crippen molar-refractivity contribution < 1.29 is 14.3 Å². The second-order valence-electron chi connectivity index (χ2n) is 9.28. The minimum atomic E-state index is -0.739. The Morgan fingerprint density at radius 1 is 1.06 bits per heavy atom. The van der Waals surface area contributed by atoms with E-state index in [1.54, 1.807) is 14.0 Å². The van der Waals surface area contributed by atoms with Gasteiger partial charge in [0.2, 0.25) is 11.8 Å². The first-order valence-electron chi connectivity index (χ1n) is 11.8. The van der Waals surface area contributed by atoms with E-state index >= 15 is 0 Å². The van der Waals surface area contributed by atoms with Crippen molar-refractivity contribution in [1.82, 2.24) is 15.1 Å². The Hall–Kier alpha value is -1.83. The Balaban J connectivity index is 0.00000289. The molecule has 2 heterocycles. The van der Waals surface area contributed by atoms with Crippen LogP contribution in [0.1, 0.15) is 45.4 Å². The number of likely N-dealkylation sites (tertiary alicyclic amines) is 1. The molecule has 0 bridgehead atoms. The van der Waals surface area contributed by atoms with Crippen LogP contribution in [0.4, 0.5) is 5.69 Å². The number of nitrogens with one attached hydrogen (secondary N) is 1. The van der Waals surface area contributed by atoms with Gasteiger partial charge in [0.1, 0.15) is 11.3 Å². The van der Waals surface area contributed by atoms with E-state index in [4.69, 9.17) is 4.74 Å². The molecule has 3 aliphatic rings. The van der Waals surface area contributed by atoms with Crippen molar-refractivity contribution in [2.45, 2.75) is 57.1 Å². The van der Waals surface area contributed by atoms with Gasteiger partial charge >= 0.3 is 0 Å². The van der Waals surface area contributed by atoms with Crippen LogP contribution in [0.2, 0.25) is 0 Å². The Kier molecular flexibility index (Phi) is 8.42. The molecular formula is C24H37ClN4O3. The molecule has 2 amide bonds. The lowest BCUT2D eigenvalue weighted by Gasteiger charge is -2.37. The van der Waals surface area contributed by atoms with Crippen molar-refractivity contribution in [3.8, 4) is 5.75 Å². The summed E-state index contributed by atoms with van der Waals surface area (Å²) in [6, 6.07) is 8.42. The first-order valence-corrected chi connectivity index (χ1v) is 11.8. The van der Waals surface area contributed by atoms with Crippen molar-refractivity contribution in [2.24, 2.45) is 0 Å². The van der Waals surface area contributed by atoms with Crippen LogP contribution < -0.4 is 15.0 Å². The van der Waals surface area contributed by atoms with E-state index in [0.717, 1.165) is 57.7 Å². The summed E-state index contributed by atoms with van der Waals surface area (Å²) in [7, 11) is 1.74. The number of hydrogen-bond acceptors (Lipinski definition) is 6. The first-order chi connectivity index (χ1) is 15.0. The van der Waals surface area contributed by atoms with E-state index < -0.39 is 5.54 Å². The molecule has 1 aromatic carbocycles. The molecule has 7 nitrogen and oxygen atoms in total. The van der Waals surface area contributed by atoms with Gasteiger partial charge in [-0.3, -0.25) is 19.4 Å². The fourth-order valence-corrected chi connectivity index (χ4v) is 4.97. The third-order valence-electron chi connectivity index (χ3n) is 7.10. The van der Waals surface area contributed by atoms with Gasteiger partial charge < -0.3 is 15.0 Å². The zero-order valence-electron chi connectivity index (χ0n) is 19.3. The van der Waals surface area contributed by atoms with Gasteiger partial charge in [-0.1, -0.05) is 12.1 Å². The zero-order valence-corrected chi connectivity index (χ0v) is 20.2. The average Bonchev–Trinajstić information content (AvgIpc) is 3.37. The van der Waals surface area contributed by atoms with Gasteiger partial charge in [0, 0.05) is 32.7 Å². The number of benzene rings is 1. The number of rotatable bonds is 8. The summed E-state index contributed by atoms with van der Waals surface area (Å²) >= 11 is 0. The van der Waals surface area contributed by atoms with Crippen molar-refractivity contribution in [1.29, 1.82) is 0 Å². The second kappa shape index (κ2) is 10.9. The molecule has 4 rings (SSSR count). The molecule has 3 fully saturated rings. The lowest BCUT2D eigenvalue weighted by atomic mass is 10.0. The fraction of sp³-hybridized carbons (Fsp3) is 0.667. The highest BCUT2D eigenvalue weighted by atomic mass is 35.5. The summed E-state index contributed by atoms with van der Waals surface area (Å²) < 4.78 is 6.32. The van der Waals surface area contributed by atoms with Crippen LogP contribution >= 0.6 is 12.4 Å². The predicted octanol–water partition coefficient (Wildman–Crippen LogP) is 2.68. The number of ether oxygens (including phenoxy) is 1. The monoisotopic (exact) mass is 464 g/mol. The van der Waals surface area contributed by atoms with Gasteiger partial charge in [0.25, 0.3) is 0 Å². The number of halogens is 1. The minimum Gasteiger partial charge on any atom is -0.488 e. The van der Waals surface area contributed by atoms with Gasteiger partial charge in [0.05, 0.1) is 18.2 Å². The molecule has 0 radical (unpaired) electrons. The van der Waals surface area contributed by atoms with E-state index in [-0.39, 0.29) is 30.6 Å². The van der Waals surface area contributed by atoms with Gasteiger partial charge in [-0.2, -0.15) is 0 Å². The summed E-state index contributed by atoms with van der Waals surface area (Å²) in [5.41, 5.74) is 0.463. The molecule has 8 heteroatoms. The molecule has 2 aliphatic heterocycles. The van der Waals surface area contributed by atoms with Crippen LogP contribution in [-0.2, 0) is 9.59 Å². The smallest absolute Gasteiger partial charge is 0.249 e. The van der Waals surface area contributed by atoms with Gasteiger partial charge in [-0.25, -0.2) is 0 Å². The quantitative estimate of drug-likeness (QED) is 0.597. The standard InChI is InChI=1S/C24H36N4O3.ClH/c1-24(25-2)18-22(29)28(23(24)30)13-7-12-26-14-16-27(17-15-26)20-10-5-6-11-21(20)31-19-8-3-4-9-19;/h5-6,10-11,19,25H,3-4,7-9,12-18H2,1-2H3;1H. The van der Waals surface area contributed by atoms with E-state index in [0.29, 0.717) is 12.6 Å². The van der Waals surface area contributed by atoms with Crippen LogP contribution in [0.3, 0.4) is 0 Å². The predicted molar refractivity (Wildman–Crippen MR) is 129 cm³/mol. The molecule has 2 saturated heterocycles. The Morgan fingerprint density at radius 3 is 2.41 bits per heavy atom. The molecule has 1 aliphatic carbocycles. The summed E-state index contributed by atoms with van der Waals surface area (Å²) in [6.45, 7) is 7.10. The van der Waals surface area contributed by atoms with E-state index in [2.05, 4.69) is 39.4 Å². The normalized spacial score (nSPS) is 24.8. The minimum absolute atomic E-state index is 0. The number of piperazine rings is 1. The highest BCUT2D eigenvalue weighted by Gasteiger charge is 2.46. The third-order valence-corrected chi connectivity index (χ3v) is 7.10. The number of amides is 2. The lowest BCUT2D eigenvalue weighted by Crippen LogP contribution is -2.48. The molecule has 1 atom stereocenters. The fourth-order valence-electron chi connectivity index (χ4n) is 4.97. The average molecular weight is 465 g/mol. The number of para-hydroxylation sites is 2. The van der Waals surface area contributed by atoms with E-state index in [1.807, 2.05) is 0 Å². The molecule has 1 unspecified atom stereocenters. The SMILES string of the molecule is CNC1(C)CC(=O)N(CCCN2CCN(c3ccccc3OC3CCCC3)CC2)C1=O.Cl. The molecule has 178 valence electrons. The summed E-state index contributed by atoms with van der Waals surface area (Å²) in [5, 5.41) is 3.00. The molecule has 1 N–H and O–H groups in total. The number of hydrogen-bond donors (Lipinski definition) is 1. The second-order valence-corrected chi connectivity index (χ2v) is 9.28. The third kappa shape index (κ3) is 5.38. The maximum Gasteiger partial charge on any atom is 0.249 e. The summed E-state index contributed by atoms with van der Waals surface area (Å²) in [6.07, 6.45) is 6.31. The number of anilines is 1. The lowest BCUT2D eigenvalue weighted by molar-refractivity contribution is -0.140. The van der Waals surface area contributed by atoms with Crippen molar-refractivity contribution in [2.75, 3.05) is 51.2 Å². The highest BCUT2D eigenvalue weighted by Crippen LogP contribution is 2.32. The first kappa shape index (κ1) is 24.8. The van der Waals surface area contributed by atoms with Crippen LogP contribution in [0, 0.1) is 0 Å². The van der Waals surface area contributed by atoms with Crippen LogP contribution in [-0.4, -0.2) is 79.6 Å². The molecule has 0 aromatic heterocycles. The van der Waals surface area contributed by atoms with E-state index in [1.165, 1.54) is 23.4 Å². The van der Waals surface area contributed by atoms with E-state index in [9.17, 15) is 9.59 Å². The molecular weight excluding hydrogens is 428 g/mol. The van der Waals surface area contributed by atoms with Crippen molar-refractivity contribution >= 4 is 29.9 Å². The highest BCUT2D eigenvalue weighted by molar-refractivity contribution is 6.08. The van der Waals surface area contributed by atoms with Crippen LogP contribution in [0.15, 0.2) is 24.3 Å².